The molecule has 0 saturated heterocycles. The van der Waals surface area contributed by atoms with Gasteiger partial charge >= 0.3 is 0 Å². The first-order chi connectivity index (χ1) is 16.2. The Morgan fingerprint density at radius 2 is 1.39 bits per heavy atom. The van der Waals surface area contributed by atoms with Gasteiger partial charge in [0.15, 0.2) is 0 Å². The van der Waals surface area contributed by atoms with Crippen molar-refractivity contribution in [2.45, 2.75) is 51.6 Å². The van der Waals surface area contributed by atoms with Crippen LogP contribution >= 0.6 is 12.2 Å². The largest absolute Gasteiger partial charge is 0.497 e. The van der Waals surface area contributed by atoms with E-state index in [1.807, 2.05) is 30.3 Å². The summed E-state index contributed by atoms with van der Waals surface area (Å²) < 4.78 is 11.0. The van der Waals surface area contributed by atoms with E-state index >= 15 is 0 Å². The van der Waals surface area contributed by atoms with E-state index < -0.39 is 0 Å². The van der Waals surface area contributed by atoms with Crippen molar-refractivity contribution >= 4 is 17.2 Å². The highest BCUT2D eigenvalue weighted by Gasteiger charge is 2.06. The zero-order valence-electron chi connectivity index (χ0n) is 19.6. The number of rotatable bonds is 14. The predicted molar refractivity (Wildman–Crippen MR) is 142 cm³/mol. The average molecular weight is 462 g/mol. The van der Waals surface area contributed by atoms with Crippen LogP contribution in [-0.4, -0.2) is 18.7 Å². The SMILES string of the molecule is COc1ccc(COCCCCCCCCc2ccc(-c3ccccc3C(N)=S)cc2)cc1. The predicted octanol–water partition coefficient (Wildman–Crippen LogP) is 7.10. The van der Waals surface area contributed by atoms with Gasteiger partial charge in [0.05, 0.1) is 13.7 Å². The Bertz CT molecular complexity index is 983. The lowest BCUT2D eigenvalue weighted by Crippen LogP contribution is -2.10. The van der Waals surface area contributed by atoms with Crippen LogP contribution in [-0.2, 0) is 17.8 Å². The van der Waals surface area contributed by atoms with Gasteiger partial charge in [0.2, 0.25) is 0 Å². The van der Waals surface area contributed by atoms with Crippen LogP contribution < -0.4 is 10.5 Å². The molecule has 2 N–H and O–H groups in total. The van der Waals surface area contributed by atoms with Gasteiger partial charge in [-0.05, 0) is 53.6 Å². The molecule has 4 heteroatoms. The van der Waals surface area contributed by atoms with Crippen molar-refractivity contribution in [3.05, 3.63) is 89.5 Å². The zero-order chi connectivity index (χ0) is 23.3. The Labute approximate surface area is 203 Å². The molecular formula is C29H35NO2S. The zero-order valence-corrected chi connectivity index (χ0v) is 20.4. The van der Waals surface area contributed by atoms with E-state index in [1.54, 1.807) is 7.11 Å². The number of thiocarbonyl (C=S) groups is 1. The minimum Gasteiger partial charge on any atom is -0.497 e. The summed E-state index contributed by atoms with van der Waals surface area (Å²) in [7, 11) is 1.68. The van der Waals surface area contributed by atoms with Crippen molar-refractivity contribution < 1.29 is 9.47 Å². The molecule has 0 radical (unpaired) electrons. The molecule has 3 aromatic rings. The molecule has 0 heterocycles. The second-order valence-electron chi connectivity index (χ2n) is 8.38. The standard InChI is InChI=1S/C29H35NO2S/c1-31-26-19-15-24(16-20-26)22-32-21-9-5-3-2-4-6-10-23-13-17-25(18-14-23)27-11-7-8-12-28(27)29(30)33/h7-8,11-20H,2-6,9-10,21-22H2,1H3,(H2,30,33). The van der Waals surface area contributed by atoms with Gasteiger partial charge in [-0.15, -0.1) is 0 Å². The van der Waals surface area contributed by atoms with E-state index in [1.165, 1.54) is 43.2 Å². The fraction of sp³-hybridized carbons (Fsp3) is 0.345. The summed E-state index contributed by atoms with van der Waals surface area (Å²) in [5, 5.41) is 0. The van der Waals surface area contributed by atoms with Crippen LogP contribution in [0.25, 0.3) is 11.1 Å². The minimum atomic E-state index is 0.443. The van der Waals surface area contributed by atoms with E-state index in [4.69, 9.17) is 27.4 Å². The summed E-state index contributed by atoms with van der Waals surface area (Å²) in [4.78, 5) is 0.443. The summed E-state index contributed by atoms with van der Waals surface area (Å²) in [6, 6.07) is 24.9. The van der Waals surface area contributed by atoms with Gasteiger partial charge in [-0.3, -0.25) is 0 Å². The minimum absolute atomic E-state index is 0.443. The van der Waals surface area contributed by atoms with Crippen molar-refractivity contribution in [2.24, 2.45) is 5.73 Å². The normalized spacial score (nSPS) is 10.8. The molecule has 0 spiro atoms. The average Bonchev–Trinajstić information content (AvgIpc) is 2.86. The molecule has 174 valence electrons. The molecule has 0 saturated carbocycles. The number of hydrogen-bond acceptors (Lipinski definition) is 3. The highest BCUT2D eigenvalue weighted by atomic mass is 32.1. The fourth-order valence-corrected chi connectivity index (χ4v) is 4.13. The van der Waals surface area contributed by atoms with Crippen molar-refractivity contribution in [1.29, 1.82) is 0 Å². The first-order valence-corrected chi connectivity index (χ1v) is 12.3. The molecule has 0 aliphatic heterocycles. The lowest BCUT2D eigenvalue weighted by Gasteiger charge is -2.09. The summed E-state index contributed by atoms with van der Waals surface area (Å²) in [6.07, 6.45) is 8.57. The van der Waals surface area contributed by atoms with Gasteiger partial charge < -0.3 is 15.2 Å². The molecule has 0 unspecified atom stereocenters. The number of ether oxygens (including phenoxy) is 2. The van der Waals surface area contributed by atoms with E-state index in [2.05, 4.69) is 42.5 Å². The third kappa shape index (κ3) is 8.30. The van der Waals surface area contributed by atoms with Crippen molar-refractivity contribution in [3.63, 3.8) is 0 Å². The molecule has 0 aliphatic rings. The Hall–Kier alpha value is -2.69. The monoisotopic (exact) mass is 461 g/mol. The molecule has 33 heavy (non-hydrogen) atoms. The summed E-state index contributed by atoms with van der Waals surface area (Å²) >= 11 is 5.19. The molecule has 0 bridgehead atoms. The summed E-state index contributed by atoms with van der Waals surface area (Å²) in [6.45, 7) is 1.50. The van der Waals surface area contributed by atoms with Crippen LogP contribution in [0.3, 0.4) is 0 Å². The van der Waals surface area contributed by atoms with Gasteiger partial charge in [-0.25, -0.2) is 0 Å². The number of benzene rings is 3. The lowest BCUT2D eigenvalue weighted by atomic mass is 9.97. The molecule has 3 rings (SSSR count). The van der Waals surface area contributed by atoms with Crippen molar-refractivity contribution in [2.75, 3.05) is 13.7 Å². The van der Waals surface area contributed by atoms with Gasteiger partial charge in [0, 0.05) is 12.2 Å². The highest BCUT2D eigenvalue weighted by molar-refractivity contribution is 7.80. The van der Waals surface area contributed by atoms with Crippen LogP contribution in [0.2, 0.25) is 0 Å². The summed E-state index contributed by atoms with van der Waals surface area (Å²) in [5.74, 6) is 0.883. The molecular weight excluding hydrogens is 426 g/mol. The van der Waals surface area contributed by atoms with Crippen LogP contribution in [0.15, 0.2) is 72.8 Å². The van der Waals surface area contributed by atoms with Crippen LogP contribution in [0.5, 0.6) is 5.75 Å². The third-order valence-corrected chi connectivity index (χ3v) is 6.11. The van der Waals surface area contributed by atoms with Crippen LogP contribution in [0, 0.1) is 0 Å². The highest BCUT2D eigenvalue weighted by Crippen LogP contribution is 2.24. The van der Waals surface area contributed by atoms with E-state index in [0.29, 0.717) is 11.6 Å². The van der Waals surface area contributed by atoms with E-state index in [-0.39, 0.29) is 0 Å². The smallest absolute Gasteiger partial charge is 0.118 e. The lowest BCUT2D eigenvalue weighted by molar-refractivity contribution is 0.116. The van der Waals surface area contributed by atoms with Crippen molar-refractivity contribution in [3.8, 4) is 16.9 Å². The van der Waals surface area contributed by atoms with Gasteiger partial charge in [0.25, 0.3) is 0 Å². The van der Waals surface area contributed by atoms with Gasteiger partial charge in [-0.1, -0.05) is 98.6 Å². The van der Waals surface area contributed by atoms with Crippen molar-refractivity contribution in [1.82, 2.24) is 0 Å². The first kappa shape index (κ1) is 24.9. The van der Waals surface area contributed by atoms with Gasteiger partial charge in [-0.2, -0.15) is 0 Å². The molecule has 3 aromatic carbocycles. The Balaban J connectivity index is 1.25. The second kappa shape index (κ2) is 13.8. The van der Waals surface area contributed by atoms with Crippen LogP contribution in [0.1, 0.15) is 55.2 Å². The topological polar surface area (TPSA) is 44.5 Å². The fourth-order valence-electron chi connectivity index (χ4n) is 3.95. The quantitative estimate of drug-likeness (QED) is 0.205. The molecule has 0 fully saturated rings. The molecule has 3 nitrogen and oxygen atoms in total. The first-order valence-electron chi connectivity index (χ1n) is 11.9. The molecule has 0 aromatic heterocycles. The third-order valence-electron chi connectivity index (χ3n) is 5.89. The molecule has 0 atom stereocenters. The summed E-state index contributed by atoms with van der Waals surface area (Å²) in [5.41, 5.74) is 11.7. The Morgan fingerprint density at radius 3 is 2.09 bits per heavy atom. The number of aryl methyl sites for hydroxylation is 1. The Kier molecular flexibility index (Phi) is 10.4. The maximum absolute atomic E-state index is 5.88. The van der Waals surface area contributed by atoms with Gasteiger partial charge in [0.1, 0.15) is 10.7 Å². The number of hydrogen-bond donors (Lipinski definition) is 1. The molecule has 0 amide bonds. The maximum Gasteiger partial charge on any atom is 0.118 e. The van der Waals surface area contributed by atoms with Crippen LogP contribution in [0.4, 0.5) is 0 Å². The number of methoxy groups -OCH3 is 1. The Morgan fingerprint density at radius 1 is 0.758 bits per heavy atom. The van der Waals surface area contributed by atoms with E-state index in [9.17, 15) is 0 Å². The second-order valence-corrected chi connectivity index (χ2v) is 8.82. The van der Waals surface area contributed by atoms with E-state index in [0.717, 1.165) is 41.9 Å². The number of unbranched alkanes of at least 4 members (excludes halogenated alkanes) is 5. The number of nitrogens with two attached hydrogens (primary N) is 1. The maximum atomic E-state index is 5.88. The molecule has 0 aliphatic carbocycles.